The SMILES string of the molecule is CCc1ccccc1Nc1ccc(NC(=O)c2ccco2)cc1. The second kappa shape index (κ2) is 6.83. The molecule has 0 saturated carbocycles. The van der Waals surface area contributed by atoms with Gasteiger partial charge in [-0.25, -0.2) is 0 Å². The van der Waals surface area contributed by atoms with E-state index in [0.29, 0.717) is 5.76 Å². The van der Waals surface area contributed by atoms with Gasteiger partial charge in [-0.15, -0.1) is 0 Å². The minimum atomic E-state index is -0.257. The molecule has 0 unspecified atom stereocenters. The number of nitrogens with one attached hydrogen (secondary N) is 2. The minimum absolute atomic E-state index is 0.257. The number of para-hydroxylation sites is 1. The van der Waals surface area contributed by atoms with Crippen LogP contribution in [0.15, 0.2) is 71.3 Å². The van der Waals surface area contributed by atoms with Gasteiger partial charge in [0.25, 0.3) is 5.91 Å². The number of benzene rings is 2. The fraction of sp³-hybridized carbons (Fsp3) is 0.105. The molecule has 4 heteroatoms. The Morgan fingerprint density at radius 2 is 1.70 bits per heavy atom. The molecule has 4 nitrogen and oxygen atoms in total. The van der Waals surface area contributed by atoms with Gasteiger partial charge in [-0.2, -0.15) is 0 Å². The predicted octanol–water partition coefficient (Wildman–Crippen LogP) is 4.84. The van der Waals surface area contributed by atoms with E-state index in [4.69, 9.17) is 4.42 Å². The summed E-state index contributed by atoms with van der Waals surface area (Å²) in [4.78, 5) is 11.9. The van der Waals surface area contributed by atoms with E-state index >= 15 is 0 Å². The monoisotopic (exact) mass is 306 g/mol. The van der Waals surface area contributed by atoms with Crippen LogP contribution in [0.3, 0.4) is 0 Å². The largest absolute Gasteiger partial charge is 0.459 e. The Bertz CT molecular complexity index is 777. The van der Waals surface area contributed by atoms with Crippen molar-refractivity contribution in [2.75, 3.05) is 10.6 Å². The van der Waals surface area contributed by atoms with Gasteiger partial charge in [0, 0.05) is 17.1 Å². The van der Waals surface area contributed by atoms with Crippen LogP contribution in [0.1, 0.15) is 23.0 Å². The number of carbonyl (C=O) groups excluding carboxylic acids is 1. The third-order valence-corrected chi connectivity index (χ3v) is 3.57. The van der Waals surface area contributed by atoms with E-state index in [9.17, 15) is 4.79 Å². The van der Waals surface area contributed by atoms with Crippen molar-refractivity contribution < 1.29 is 9.21 Å². The van der Waals surface area contributed by atoms with E-state index < -0.39 is 0 Å². The van der Waals surface area contributed by atoms with Crippen molar-refractivity contribution in [2.45, 2.75) is 13.3 Å². The quantitative estimate of drug-likeness (QED) is 0.709. The Morgan fingerprint density at radius 1 is 0.957 bits per heavy atom. The van der Waals surface area contributed by atoms with Crippen molar-refractivity contribution in [3.63, 3.8) is 0 Å². The molecule has 1 heterocycles. The van der Waals surface area contributed by atoms with Gasteiger partial charge in [0.1, 0.15) is 0 Å². The van der Waals surface area contributed by atoms with Crippen LogP contribution < -0.4 is 10.6 Å². The summed E-state index contributed by atoms with van der Waals surface area (Å²) >= 11 is 0. The third-order valence-electron chi connectivity index (χ3n) is 3.57. The molecular formula is C19H18N2O2. The van der Waals surface area contributed by atoms with Crippen molar-refractivity contribution in [3.05, 3.63) is 78.3 Å². The van der Waals surface area contributed by atoms with Crippen LogP contribution in [-0.2, 0) is 6.42 Å². The number of hydrogen-bond acceptors (Lipinski definition) is 3. The lowest BCUT2D eigenvalue weighted by Gasteiger charge is -2.11. The van der Waals surface area contributed by atoms with Crippen molar-refractivity contribution in [3.8, 4) is 0 Å². The maximum Gasteiger partial charge on any atom is 0.291 e. The Hall–Kier alpha value is -3.01. The van der Waals surface area contributed by atoms with Gasteiger partial charge in [0.15, 0.2) is 5.76 Å². The van der Waals surface area contributed by atoms with Crippen LogP contribution in [-0.4, -0.2) is 5.91 Å². The number of hydrogen-bond donors (Lipinski definition) is 2. The van der Waals surface area contributed by atoms with Crippen molar-refractivity contribution in [1.82, 2.24) is 0 Å². The summed E-state index contributed by atoms with van der Waals surface area (Å²) in [6, 6.07) is 19.1. The molecule has 0 fully saturated rings. The van der Waals surface area contributed by atoms with Crippen LogP contribution in [0.5, 0.6) is 0 Å². The highest BCUT2D eigenvalue weighted by Gasteiger charge is 2.08. The van der Waals surface area contributed by atoms with Gasteiger partial charge in [-0.3, -0.25) is 4.79 Å². The predicted molar refractivity (Wildman–Crippen MR) is 92.2 cm³/mol. The molecular weight excluding hydrogens is 288 g/mol. The molecule has 3 aromatic rings. The van der Waals surface area contributed by atoms with Crippen molar-refractivity contribution in [1.29, 1.82) is 0 Å². The Balaban J connectivity index is 1.68. The van der Waals surface area contributed by atoms with Gasteiger partial charge < -0.3 is 15.1 Å². The maximum atomic E-state index is 11.9. The van der Waals surface area contributed by atoms with E-state index in [1.807, 2.05) is 36.4 Å². The molecule has 1 aromatic heterocycles. The molecule has 0 bridgehead atoms. The highest BCUT2D eigenvalue weighted by Crippen LogP contribution is 2.22. The topological polar surface area (TPSA) is 54.3 Å². The van der Waals surface area contributed by atoms with Gasteiger partial charge in [-0.05, 0) is 54.4 Å². The number of carbonyl (C=O) groups is 1. The van der Waals surface area contributed by atoms with Gasteiger partial charge in [-0.1, -0.05) is 25.1 Å². The zero-order valence-corrected chi connectivity index (χ0v) is 12.9. The minimum Gasteiger partial charge on any atom is -0.459 e. The highest BCUT2D eigenvalue weighted by molar-refractivity contribution is 6.02. The van der Waals surface area contributed by atoms with Crippen LogP contribution in [0, 0.1) is 0 Å². The fourth-order valence-corrected chi connectivity index (χ4v) is 2.34. The molecule has 0 atom stereocenters. The van der Waals surface area contributed by atoms with Gasteiger partial charge in [0.2, 0.25) is 0 Å². The van der Waals surface area contributed by atoms with E-state index in [1.165, 1.54) is 11.8 Å². The molecule has 116 valence electrons. The van der Waals surface area contributed by atoms with E-state index in [2.05, 4.69) is 29.7 Å². The normalized spacial score (nSPS) is 10.3. The lowest BCUT2D eigenvalue weighted by molar-refractivity contribution is 0.0996. The highest BCUT2D eigenvalue weighted by atomic mass is 16.3. The first-order valence-electron chi connectivity index (χ1n) is 7.56. The molecule has 3 rings (SSSR count). The summed E-state index contributed by atoms with van der Waals surface area (Å²) in [5, 5.41) is 6.20. The smallest absolute Gasteiger partial charge is 0.291 e. The maximum absolute atomic E-state index is 11.9. The lowest BCUT2D eigenvalue weighted by atomic mass is 10.1. The molecule has 1 amide bonds. The van der Waals surface area contributed by atoms with E-state index in [1.54, 1.807) is 12.1 Å². The van der Waals surface area contributed by atoms with Gasteiger partial charge in [0.05, 0.1) is 6.26 Å². The average molecular weight is 306 g/mol. The van der Waals surface area contributed by atoms with Crippen LogP contribution >= 0.6 is 0 Å². The van der Waals surface area contributed by atoms with Crippen LogP contribution in [0.25, 0.3) is 0 Å². The number of rotatable bonds is 5. The molecule has 2 aromatic carbocycles. The van der Waals surface area contributed by atoms with Gasteiger partial charge >= 0.3 is 0 Å². The summed E-state index contributed by atoms with van der Waals surface area (Å²) in [6.07, 6.45) is 2.45. The summed E-state index contributed by atoms with van der Waals surface area (Å²) in [6.45, 7) is 2.13. The number of furan rings is 1. The molecule has 0 aliphatic rings. The summed E-state index contributed by atoms with van der Waals surface area (Å²) < 4.78 is 5.07. The standard InChI is InChI=1S/C19H18N2O2/c1-2-14-6-3-4-7-17(14)20-15-9-11-16(12-10-15)21-19(22)18-8-5-13-23-18/h3-13,20H,2H2,1H3,(H,21,22). The van der Waals surface area contributed by atoms with E-state index in [-0.39, 0.29) is 5.91 Å². The first-order valence-corrected chi connectivity index (χ1v) is 7.56. The van der Waals surface area contributed by atoms with Crippen LogP contribution in [0.2, 0.25) is 0 Å². The summed E-state index contributed by atoms with van der Waals surface area (Å²) in [5.41, 5.74) is 4.06. The third kappa shape index (κ3) is 3.61. The zero-order valence-electron chi connectivity index (χ0n) is 12.9. The fourth-order valence-electron chi connectivity index (χ4n) is 2.34. The molecule has 2 N–H and O–H groups in total. The van der Waals surface area contributed by atoms with Crippen molar-refractivity contribution in [2.24, 2.45) is 0 Å². The molecule has 0 spiro atoms. The Kier molecular flexibility index (Phi) is 4.43. The second-order valence-electron chi connectivity index (χ2n) is 5.14. The Morgan fingerprint density at radius 3 is 2.39 bits per heavy atom. The molecule has 0 aliphatic carbocycles. The van der Waals surface area contributed by atoms with E-state index in [0.717, 1.165) is 23.5 Å². The summed E-state index contributed by atoms with van der Waals surface area (Å²) in [5.74, 6) is 0.0381. The first kappa shape index (κ1) is 14.9. The molecule has 23 heavy (non-hydrogen) atoms. The zero-order chi connectivity index (χ0) is 16.1. The van der Waals surface area contributed by atoms with Crippen molar-refractivity contribution >= 4 is 23.0 Å². The molecule has 0 radical (unpaired) electrons. The average Bonchev–Trinajstić information content (AvgIpc) is 3.12. The lowest BCUT2D eigenvalue weighted by Crippen LogP contribution is -2.10. The first-order chi connectivity index (χ1) is 11.3. The summed E-state index contributed by atoms with van der Waals surface area (Å²) in [7, 11) is 0. The molecule has 0 aliphatic heterocycles. The number of anilines is 3. The second-order valence-corrected chi connectivity index (χ2v) is 5.14. The number of aryl methyl sites for hydroxylation is 1. The van der Waals surface area contributed by atoms with Crippen LogP contribution in [0.4, 0.5) is 17.1 Å². The Labute approximate surface area is 135 Å². The number of amides is 1. The molecule has 0 saturated heterocycles.